The Morgan fingerprint density at radius 1 is 1.27 bits per heavy atom. The van der Waals surface area contributed by atoms with Crippen LogP contribution in [0.5, 0.6) is 0 Å². The Morgan fingerprint density at radius 2 is 2.00 bits per heavy atom. The van der Waals surface area contributed by atoms with Crippen LogP contribution in [0, 0.1) is 17.8 Å². The van der Waals surface area contributed by atoms with Gasteiger partial charge in [-0.15, -0.1) is 0 Å². The van der Waals surface area contributed by atoms with Crippen LogP contribution in [0.1, 0.15) is 45.5 Å². The first-order chi connectivity index (χ1) is 12.2. The molecule has 5 nitrogen and oxygen atoms in total. The van der Waals surface area contributed by atoms with Gasteiger partial charge in [0.15, 0.2) is 0 Å². The lowest BCUT2D eigenvalue weighted by Gasteiger charge is -2.39. The third-order valence-corrected chi connectivity index (χ3v) is 5.58. The number of amides is 1. The van der Waals surface area contributed by atoms with Gasteiger partial charge in [0.05, 0.1) is 31.0 Å². The predicted molar refractivity (Wildman–Crippen MR) is 95.7 cm³/mol. The zero-order chi connectivity index (χ0) is 19.1. The van der Waals surface area contributed by atoms with E-state index in [4.69, 9.17) is 0 Å². The van der Waals surface area contributed by atoms with Gasteiger partial charge in [0.2, 0.25) is 5.91 Å². The largest absolute Gasteiger partial charge is 0.335 e. The van der Waals surface area contributed by atoms with Crippen LogP contribution in [-0.4, -0.2) is 51.0 Å². The van der Waals surface area contributed by atoms with Crippen LogP contribution in [0.2, 0.25) is 0 Å². The topological polar surface area (TPSA) is 41.4 Å². The molecule has 146 valence electrons. The number of hydrogen-bond acceptors (Lipinski definition) is 3. The lowest BCUT2D eigenvalue weighted by atomic mass is 9.83. The van der Waals surface area contributed by atoms with Gasteiger partial charge in [-0.1, -0.05) is 27.7 Å². The Bertz CT molecular complexity index is 656. The van der Waals surface area contributed by atoms with Crippen LogP contribution in [-0.2, 0) is 24.4 Å². The van der Waals surface area contributed by atoms with E-state index in [1.807, 2.05) is 48.2 Å². The molecule has 0 aromatic carbocycles. The van der Waals surface area contributed by atoms with Gasteiger partial charge in [0.1, 0.15) is 0 Å². The van der Waals surface area contributed by atoms with E-state index in [0.717, 1.165) is 11.4 Å². The van der Waals surface area contributed by atoms with Crippen LogP contribution in [0.4, 0.5) is 8.78 Å². The first-order valence-electron chi connectivity index (χ1n) is 9.62. The highest BCUT2D eigenvalue weighted by Gasteiger charge is 2.45. The first kappa shape index (κ1) is 19.3. The number of halogens is 2. The number of hydrogen-bond donors (Lipinski definition) is 0. The molecular weight excluding hydrogens is 338 g/mol. The molecule has 0 aliphatic carbocycles. The zero-order valence-corrected chi connectivity index (χ0v) is 16.2. The van der Waals surface area contributed by atoms with Crippen molar-refractivity contribution >= 4 is 5.91 Å². The maximum atomic E-state index is 14.4. The van der Waals surface area contributed by atoms with E-state index in [2.05, 4.69) is 5.10 Å². The van der Waals surface area contributed by atoms with Crippen molar-refractivity contribution in [3.8, 4) is 0 Å². The fourth-order valence-corrected chi connectivity index (χ4v) is 4.17. The molecule has 2 aliphatic rings. The molecule has 0 bridgehead atoms. The summed E-state index contributed by atoms with van der Waals surface area (Å²) in [4.78, 5) is 15.9. The Labute approximate surface area is 154 Å². The smallest absolute Gasteiger partial charge is 0.263 e. The first-order valence-corrected chi connectivity index (χ1v) is 9.62. The molecule has 3 rings (SSSR count). The molecule has 0 saturated carbocycles. The SMILES string of the molecule is CC(C)C(=O)N1CCn2nc(CN3CCC(C(C)C)C(F)(F)C3)cc2C1. The molecule has 1 unspecified atom stereocenters. The summed E-state index contributed by atoms with van der Waals surface area (Å²) < 4.78 is 30.7. The molecule has 1 fully saturated rings. The highest BCUT2D eigenvalue weighted by atomic mass is 19.3. The van der Waals surface area contributed by atoms with Gasteiger partial charge in [-0.25, -0.2) is 8.78 Å². The van der Waals surface area contributed by atoms with Gasteiger partial charge in [0.25, 0.3) is 5.92 Å². The van der Waals surface area contributed by atoms with E-state index in [0.29, 0.717) is 39.1 Å². The number of nitrogens with zero attached hydrogens (tertiary/aromatic N) is 4. The molecule has 0 radical (unpaired) electrons. The summed E-state index contributed by atoms with van der Waals surface area (Å²) in [5.74, 6) is -3.06. The Balaban J connectivity index is 1.64. The number of fused-ring (bicyclic) bond motifs is 1. The van der Waals surface area contributed by atoms with Crippen LogP contribution in [0.15, 0.2) is 6.07 Å². The quantitative estimate of drug-likeness (QED) is 0.820. The Morgan fingerprint density at radius 3 is 2.62 bits per heavy atom. The van der Waals surface area contributed by atoms with Crippen molar-refractivity contribution in [2.45, 2.75) is 59.7 Å². The van der Waals surface area contributed by atoms with Gasteiger partial charge in [-0.05, 0) is 24.9 Å². The molecule has 3 heterocycles. The van der Waals surface area contributed by atoms with Gasteiger partial charge in [-0.3, -0.25) is 14.4 Å². The Hall–Kier alpha value is -1.50. The average Bonchev–Trinajstić information content (AvgIpc) is 2.93. The standard InChI is InChI=1S/C19H30F2N4O/c1-13(2)17-5-6-23(12-19(17,20)21)10-15-9-16-11-24(18(26)14(3)4)7-8-25(16)22-15/h9,13-14,17H,5-8,10-12H2,1-4H3. The van der Waals surface area contributed by atoms with Crippen molar-refractivity contribution in [2.24, 2.45) is 17.8 Å². The minimum atomic E-state index is -2.65. The van der Waals surface area contributed by atoms with Crippen molar-refractivity contribution in [1.29, 1.82) is 0 Å². The molecule has 0 N–H and O–H groups in total. The molecule has 1 atom stereocenters. The predicted octanol–water partition coefficient (Wildman–Crippen LogP) is 2.99. The molecule has 1 aromatic rings. The molecule has 1 aromatic heterocycles. The minimum Gasteiger partial charge on any atom is -0.335 e. The fourth-order valence-electron chi connectivity index (χ4n) is 4.17. The maximum absolute atomic E-state index is 14.4. The lowest BCUT2D eigenvalue weighted by molar-refractivity contribution is -0.136. The van der Waals surface area contributed by atoms with E-state index < -0.39 is 11.8 Å². The number of piperidine rings is 1. The van der Waals surface area contributed by atoms with Crippen molar-refractivity contribution < 1.29 is 13.6 Å². The van der Waals surface area contributed by atoms with Crippen LogP contribution in [0.3, 0.4) is 0 Å². The third-order valence-electron chi connectivity index (χ3n) is 5.58. The summed E-state index contributed by atoms with van der Waals surface area (Å²) in [5, 5.41) is 4.58. The van der Waals surface area contributed by atoms with E-state index in [1.54, 1.807) is 0 Å². The van der Waals surface area contributed by atoms with Crippen LogP contribution in [0.25, 0.3) is 0 Å². The molecule has 26 heavy (non-hydrogen) atoms. The summed E-state index contributed by atoms with van der Waals surface area (Å²) in [6, 6.07) is 1.96. The van der Waals surface area contributed by atoms with Gasteiger partial charge < -0.3 is 4.90 Å². The fraction of sp³-hybridized carbons (Fsp3) is 0.789. The van der Waals surface area contributed by atoms with Crippen LogP contribution < -0.4 is 0 Å². The summed E-state index contributed by atoms with van der Waals surface area (Å²) in [6.45, 7) is 10.4. The number of aromatic nitrogens is 2. The number of alkyl halides is 2. The minimum absolute atomic E-state index is 0.00320. The number of rotatable bonds is 4. The van der Waals surface area contributed by atoms with Gasteiger partial charge in [-0.2, -0.15) is 5.10 Å². The molecule has 7 heteroatoms. The van der Waals surface area contributed by atoms with E-state index in [-0.39, 0.29) is 24.3 Å². The monoisotopic (exact) mass is 368 g/mol. The highest BCUT2D eigenvalue weighted by Crippen LogP contribution is 2.38. The zero-order valence-electron chi connectivity index (χ0n) is 16.2. The summed E-state index contributed by atoms with van der Waals surface area (Å²) in [7, 11) is 0. The number of carbonyl (C=O) groups excluding carboxylic acids is 1. The maximum Gasteiger partial charge on any atom is 0.263 e. The second kappa shape index (κ2) is 7.25. The molecular formula is C19H30F2N4O. The van der Waals surface area contributed by atoms with E-state index >= 15 is 0 Å². The lowest BCUT2D eigenvalue weighted by Crippen LogP contribution is -2.49. The van der Waals surface area contributed by atoms with Crippen LogP contribution >= 0.6 is 0 Å². The molecule has 2 aliphatic heterocycles. The summed E-state index contributed by atoms with van der Waals surface area (Å²) in [5.41, 5.74) is 1.81. The summed E-state index contributed by atoms with van der Waals surface area (Å²) >= 11 is 0. The second-order valence-electron chi connectivity index (χ2n) is 8.38. The van der Waals surface area contributed by atoms with Crippen molar-refractivity contribution in [2.75, 3.05) is 19.6 Å². The van der Waals surface area contributed by atoms with Crippen molar-refractivity contribution in [1.82, 2.24) is 19.6 Å². The van der Waals surface area contributed by atoms with Crippen molar-refractivity contribution in [3.63, 3.8) is 0 Å². The Kier molecular flexibility index (Phi) is 5.37. The number of carbonyl (C=O) groups is 1. The van der Waals surface area contributed by atoms with Crippen molar-refractivity contribution in [3.05, 3.63) is 17.5 Å². The molecule has 1 amide bonds. The van der Waals surface area contributed by atoms with E-state index in [9.17, 15) is 13.6 Å². The third kappa shape index (κ3) is 3.92. The average molecular weight is 368 g/mol. The van der Waals surface area contributed by atoms with Gasteiger partial charge >= 0.3 is 0 Å². The summed E-state index contributed by atoms with van der Waals surface area (Å²) in [6.07, 6.45) is 0.523. The van der Waals surface area contributed by atoms with Gasteiger partial charge in [0, 0.05) is 24.9 Å². The number of likely N-dealkylation sites (tertiary alicyclic amines) is 1. The molecule has 1 saturated heterocycles. The molecule has 0 spiro atoms. The highest BCUT2D eigenvalue weighted by molar-refractivity contribution is 5.78. The van der Waals surface area contributed by atoms with E-state index in [1.165, 1.54) is 0 Å². The second-order valence-corrected chi connectivity index (χ2v) is 8.38. The normalized spacial score (nSPS) is 23.5.